The first-order valence-electron chi connectivity index (χ1n) is 6.28. The summed E-state index contributed by atoms with van der Waals surface area (Å²) in [7, 11) is 0. The fourth-order valence-electron chi connectivity index (χ4n) is 1.97. The number of hydrogen-bond acceptors (Lipinski definition) is 2. The van der Waals surface area contributed by atoms with Crippen LogP contribution in [0.15, 0.2) is 36.5 Å². The summed E-state index contributed by atoms with van der Waals surface area (Å²) in [6.07, 6.45) is 1.99. The molecule has 3 nitrogen and oxygen atoms in total. The Morgan fingerprint density at radius 2 is 2.21 bits per heavy atom. The lowest BCUT2D eigenvalue weighted by molar-refractivity contribution is 0.621. The number of nitrogens with one attached hydrogen (secondary N) is 1. The van der Waals surface area contributed by atoms with Crippen molar-refractivity contribution in [3.05, 3.63) is 59.2 Å². The molecule has 1 N–H and O–H groups in total. The molecule has 1 aromatic heterocycles. The van der Waals surface area contributed by atoms with Crippen LogP contribution < -0.4 is 5.32 Å². The summed E-state index contributed by atoms with van der Waals surface area (Å²) < 4.78 is 15.3. The first kappa shape index (κ1) is 13.3. The van der Waals surface area contributed by atoms with Gasteiger partial charge >= 0.3 is 0 Å². The van der Waals surface area contributed by atoms with Crippen molar-refractivity contribution in [2.75, 3.05) is 6.54 Å². The SMILES string of the molecule is CCNCc1cccn1Cc1ccc(F)c(C#N)c1. The fourth-order valence-corrected chi connectivity index (χ4v) is 1.97. The molecule has 0 aliphatic rings. The Labute approximate surface area is 112 Å². The van der Waals surface area contributed by atoms with Crippen LogP contribution >= 0.6 is 0 Å². The van der Waals surface area contributed by atoms with Crippen LogP contribution in [0.2, 0.25) is 0 Å². The van der Waals surface area contributed by atoms with E-state index in [2.05, 4.69) is 22.9 Å². The fraction of sp³-hybridized carbons (Fsp3) is 0.267. The molecule has 2 rings (SSSR count). The number of halogens is 1. The molecule has 98 valence electrons. The maximum absolute atomic E-state index is 13.3. The summed E-state index contributed by atoms with van der Waals surface area (Å²) in [6, 6.07) is 10.6. The molecular formula is C15H16FN3. The summed E-state index contributed by atoms with van der Waals surface area (Å²) in [6.45, 7) is 4.42. The molecule has 0 aliphatic carbocycles. The highest BCUT2D eigenvalue weighted by molar-refractivity contribution is 5.34. The number of hydrogen-bond donors (Lipinski definition) is 1. The minimum absolute atomic E-state index is 0.0953. The smallest absolute Gasteiger partial charge is 0.140 e. The van der Waals surface area contributed by atoms with E-state index in [1.807, 2.05) is 18.3 Å². The molecule has 4 heteroatoms. The lowest BCUT2D eigenvalue weighted by atomic mass is 10.1. The number of aromatic nitrogens is 1. The van der Waals surface area contributed by atoms with Gasteiger partial charge in [0.05, 0.1) is 5.56 Å². The van der Waals surface area contributed by atoms with Crippen LogP contribution in [0.4, 0.5) is 4.39 Å². The summed E-state index contributed by atoms with van der Waals surface area (Å²) in [5.41, 5.74) is 2.19. The summed E-state index contributed by atoms with van der Waals surface area (Å²) in [5.74, 6) is -0.466. The second-order valence-corrected chi connectivity index (χ2v) is 4.33. The molecule has 1 heterocycles. The molecule has 19 heavy (non-hydrogen) atoms. The van der Waals surface area contributed by atoms with Crippen molar-refractivity contribution >= 4 is 0 Å². The van der Waals surface area contributed by atoms with Crippen molar-refractivity contribution in [3.63, 3.8) is 0 Å². The van der Waals surface area contributed by atoms with Gasteiger partial charge in [0.1, 0.15) is 11.9 Å². The van der Waals surface area contributed by atoms with E-state index in [1.54, 1.807) is 12.1 Å². The van der Waals surface area contributed by atoms with E-state index in [9.17, 15) is 4.39 Å². The standard InChI is InChI=1S/C15H16FN3/c1-2-18-10-14-4-3-7-19(14)11-12-5-6-15(16)13(8-12)9-17/h3-8,18H,2,10-11H2,1H3. The van der Waals surface area contributed by atoms with Crippen molar-refractivity contribution in [3.8, 4) is 6.07 Å². The average molecular weight is 257 g/mol. The third kappa shape index (κ3) is 3.21. The highest BCUT2D eigenvalue weighted by Gasteiger charge is 2.05. The minimum atomic E-state index is -0.466. The molecule has 1 aromatic carbocycles. The van der Waals surface area contributed by atoms with Gasteiger partial charge in [-0.15, -0.1) is 0 Å². The zero-order valence-corrected chi connectivity index (χ0v) is 10.9. The number of nitriles is 1. The van der Waals surface area contributed by atoms with Gasteiger partial charge in [0, 0.05) is 25.0 Å². The molecule has 0 bridgehead atoms. The summed E-state index contributed by atoms with van der Waals surface area (Å²) in [5, 5.41) is 12.1. The molecule has 0 saturated heterocycles. The molecule has 0 aliphatic heterocycles. The van der Waals surface area contributed by atoms with E-state index in [4.69, 9.17) is 5.26 Å². The normalized spacial score (nSPS) is 10.4. The van der Waals surface area contributed by atoms with E-state index < -0.39 is 5.82 Å². The van der Waals surface area contributed by atoms with Gasteiger partial charge in [-0.3, -0.25) is 0 Å². The third-order valence-corrected chi connectivity index (χ3v) is 2.98. The van der Waals surface area contributed by atoms with Crippen molar-refractivity contribution in [1.82, 2.24) is 9.88 Å². The van der Waals surface area contributed by atoms with Gasteiger partial charge in [0.2, 0.25) is 0 Å². The van der Waals surface area contributed by atoms with Crippen molar-refractivity contribution < 1.29 is 4.39 Å². The Morgan fingerprint density at radius 3 is 2.95 bits per heavy atom. The highest BCUT2D eigenvalue weighted by atomic mass is 19.1. The van der Waals surface area contributed by atoms with E-state index >= 15 is 0 Å². The van der Waals surface area contributed by atoms with Crippen molar-refractivity contribution in [1.29, 1.82) is 5.26 Å². The van der Waals surface area contributed by atoms with E-state index in [1.165, 1.54) is 11.8 Å². The number of benzene rings is 1. The highest BCUT2D eigenvalue weighted by Crippen LogP contribution is 2.12. The lowest BCUT2D eigenvalue weighted by Crippen LogP contribution is -2.15. The van der Waals surface area contributed by atoms with Gasteiger partial charge in [0.15, 0.2) is 0 Å². The van der Waals surface area contributed by atoms with E-state index in [-0.39, 0.29) is 5.56 Å². The van der Waals surface area contributed by atoms with Crippen LogP contribution in [0.1, 0.15) is 23.7 Å². The van der Waals surface area contributed by atoms with Gasteiger partial charge in [-0.2, -0.15) is 5.26 Å². The second-order valence-electron chi connectivity index (χ2n) is 4.33. The monoisotopic (exact) mass is 257 g/mol. The third-order valence-electron chi connectivity index (χ3n) is 2.98. The van der Waals surface area contributed by atoms with Crippen molar-refractivity contribution in [2.24, 2.45) is 0 Å². The summed E-state index contributed by atoms with van der Waals surface area (Å²) in [4.78, 5) is 0. The lowest BCUT2D eigenvalue weighted by Gasteiger charge is -2.10. The first-order valence-corrected chi connectivity index (χ1v) is 6.28. The van der Waals surface area contributed by atoms with Crippen LogP contribution in [0.5, 0.6) is 0 Å². The second kappa shape index (κ2) is 6.17. The molecule has 0 fully saturated rings. The number of nitrogens with zero attached hydrogens (tertiary/aromatic N) is 2. The molecule has 0 atom stereocenters. The van der Waals surface area contributed by atoms with Crippen LogP contribution in [-0.2, 0) is 13.1 Å². The van der Waals surface area contributed by atoms with Crippen LogP contribution in [0, 0.1) is 17.1 Å². The molecule has 0 amide bonds. The largest absolute Gasteiger partial charge is 0.346 e. The maximum Gasteiger partial charge on any atom is 0.140 e. The molecule has 0 radical (unpaired) electrons. The van der Waals surface area contributed by atoms with E-state index in [0.29, 0.717) is 6.54 Å². The Morgan fingerprint density at radius 1 is 1.37 bits per heavy atom. The molecule has 0 spiro atoms. The van der Waals surface area contributed by atoms with Gasteiger partial charge in [-0.1, -0.05) is 13.0 Å². The van der Waals surface area contributed by atoms with Gasteiger partial charge in [-0.25, -0.2) is 4.39 Å². The van der Waals surface area contributed by atoms with Gasteiger partial charge in [0.25, 0.3) is 0 Å². The zero-order valence-electron chi connectivity index (χ0n) is 10.9. The van der Waals surface area contributed by atoms with E-state index in [0.717, 1.165) is 18.7 Å². The van der Waals surface area contributed by atoms with Crippen LogP contribution in [0.25, 0.3) is 0 Å². The van der Waals surface area contributed by atoms with Crippen molar-refractivity contribution in [2.45, 2.75) is 20.0 Å². The predicted octanol–water partition coefficient (Wildman–Crippen LogP) is 2.66. The zero-order chi connectivity index (χ0) is 13.7. The first-order chi connectivity index (χ1) is 9.24. The van der Waals surface area contributed by atoms with Crippen LogP contribution in [-0.4, -0.2) is 11.1 Å². The average Bonchev–Trinajstić information content (AvgIpc) is 2.86. The number of rotatable bonds is 5. The maximum atomic E-state index is 13.3. The minimum Gasteiger partial charge on any atom is -0.346 e. The Kier molecular flexibility index (Phi) is 4.32. The Bertz CT molecular complexity index is 596. The molecule has 0 unspecified atom stereocenters. The summed E-state index contributed by atoms with van der Waals surface area (Å²) >= 11 is 0. The topological polar surface area (TPSA) is 40.8 Å². The molecule has 2 aromatic rings. The Balaban J connectivity index is 2.17. The molecular weight excluding hydrogens is 241 g/mol. The van der Waals surface area contributed by atoms with Crippen LogP contribution in [0.3, 0.4) is 0 Å². The van der Waals surface area contributed by atoms with Gasteiger partial charge in [-0.05, 0) is 36.4 Å². The predicted molar refractivity (Wildman–Crippen MR) is 72.0 cm³/mol. The Hall–Kier alpha value is -2.12. The van der Waals surface area contributed by atoms with Gasteiger partial charge < -0.3 is 9.88 Å². The quantitative estimate of drug-likeness (QED) is 0.894. The molecule has 0 saturated carbocycles.